The number of aliphatic hydroxyl groups is 2. The molecule has 0 radical (unpaired) electrons. The average molecular weight is 536 g/mol. The van der Waals surface area contributed by atoms with Crippen molar-refractivity contribution in [2.45, 2.75) is 52.1 Å². The highest BCUT2D eigenvalue weighted by molar-refractivity contribution is 6.30. The quantitative estimate of drug-likeness (QED) is 0.191. The predicted octanol–water partition coefficient (Wildman–Crippen LogP) is 4.70. The van der Waals surface area contributed by atoms with Crippen LogP contribution in [0.3, 0.4) is 0 Å². The van der Waals surface area contributed by atoms with Crippen molar-refractivity contribution in [1.82, 2.24) is 15.2 Å². The minimum Gasteiger partial charge on any atom is -0.508 e. The number of benzene rings is 3. The normalized spacial score (nSPS) is 13.0. The third-order valence-electron chi connectivity index (χ3n) is 6.74. The Bertz CT molecular complexity index is 1400. The molecule has 4 rings (SSSR count). The lowest BCUT2D eigenvalue weighted by Gasteiger charge is -2.18. The zero-order chi connectivity index (χ0) is 27.2. The van der Waals surface area contributed by atoms with Gasteiger partial charge in [0, 0.05) is 47.2 Å². The summed E-state index contributed by atoms with van der Waals surface area (Å²) in [5.74, 6) is -0.110. The Morgan fingerprint density at radius 1 is 1.03 bits per heavy atom. The maximum absolute atomic E-state index is 13.0. The van der Waals surface area contributed by atoms with Gasteiger partial charge >= 0.3 is 0 Å². The first-order chi connectivity index (χ1) is 18.3. The molecule has 1 heterocycles. The lowest BCUT2D eigenvalue weighted by atomic mass is 10.0. The molecular formula is C30H34ClN3O4. The monoisotopic (exact) mass is 535 g/mol. The van der Waals surface area contributed by atoms with E-state index in [0.717, 1.165) is 28.5 Å². The van der Waals surface area contributed by atoms with Crippen LogP contribution in [0.1, 0.15) is 52.7 Å². The standard InChI is InChI=1S/C30H34ClN3O4/c1-3-34-26-10-6-21(12-19(2)32-17-29(37)22-7-11-28(36)24(14-22)18-35)13-23(26)15-27(34)30(38)33-16-20-4-8-25(31)9-5-20/h4-11,13-15,19,29,32,35-37H,3,12,16-18H2,1-2H3,(H,33,38)/t19?,29-/m0/s1. The topological polar surface area (TPSA) is 107 Å². The predicted molar refractivity (Wildman–Crippen MR) is 150 cm³/mol. The Hall–Kier alpha value is -3.36. The van der Waals surface area contributed by atoms with Crippen LogP contribution in [0.5, 0.6) is 5.75 Å². The molecule has 7 nitrogen and oxygen atoms in total. The Morgan fingerprint density at radius 3 is 2.47 bits per heavy atom. The van der Waals surface area contributed by atoms with Crippen LogP contribution < -0.4 is 10.6 Å². The number of aryl methyl sites for hydroxylation is 1. The molecule has 200 valence electrons. The first-order valence-electron chi connectivity index (χ1n) is 12.8. The van der Waals surface area contributed by atoms with E-state index in [2.05, 4.69) is 35.8 Å². The van der Waals surface area contributed by atoms with Crippen LogP contribution in [0.2, 0.25) is 5.02 Å². The number of nitrogens with zero attached hydrogens (tertiary/aromatic N) is 1. The zero-order valence-corrected chi connectivity index (χ0v) is 22.4. The first-order valence-corrected chi connectivity index (χ1v) is 13.2. The van der Waals surface area contributed by atoms with Crippen LogP contribution >= 0.6 is 11.6 Å². The number of hydrogen-bond acceptors (Lipinski definition) is 5. The number of amides is 1. The summed E-state index contributed by atoms with van der Waals surface area (Å²) in [7, 11) is 0. The summed E-state index contributed by atoms with van der Waals surface area (Å²) in [5, 5.41) is 37.7. The van der Waals surface area contributed by atoms with Crippen molar-refractivity contribution in [3.63, 3.8) is 0 Å². The van der Waals surface area contributed by atoms with E-state index in [9.17, 15) is 20.1 Å². The van der Waals surface area contributed by atoms with Crippen molar-refractivity contribution < 1.29 is 20.1 Å². The molecule has 0 saturated carbocycles. The molecule has 1 amide bonds. The molecule has 1 unspecified atom stereocenters. The number of rotatable bonds is 11. The van der Waals surface area contributed by atoms with Gasteiger partial charge in [0.25, 0.3) is 5.91 Å². The maximum atomic E-state index is 13.0. The Labute approximate surface area is 227 Å². The number of nitrogens with one attached hydrogen (secondary N) is 2. The lowest BCUT2D eigenvalue weighted by molar-refractivity contribution is 0.0942. The molecule has 5 N–H and O–H groups in total. The van der Waals surface area contributed by atoms with E-state index in [1.165, 1.54) is 6.07 Å². The largest absolute Gasteiger partial charge is 0.508 e. The fourth-order valence-corrected chi connectivity index (χ4v) is 4.77. The van der Waals surface area contributed by atoms with Gasteiger partial charge in [-0.05, 0) is 79.4 Å². The number of aliphatic hydroxyl groups excluding tert-OH is 2. The lowest BCUT2D eigenvalue weighted by Crippen LogP contribution is -2.32. The molecule has 0 fully saturated rings. The number of hydrogen-bond donors (Lipinski definition) is 5. The van der Waals surface area contributed by atoms with E-state index in [0.29, 0.717) is 41.5 Å². The second kappa shape index (κ2) is 12.5. The summed E-state index contributed by atoms with van der Waals surface area (Å²) >= 11 is 5.95. The van der Waals surface area contributed by atoms with Gasteiger partial charge in [0.05, 0.1) is 12.7 Å². The van der Waals surface area contributed by atoms with Gasteiger partial charge in [-0.2, -0.15) is 0 Å². The maximum Gasteiger partial charge on any atom is 0.268 e. The highest BCUT2D eigenvalue weighted by Crippen LogP contribution is 2.24. The van der Waals surface area contributed by atoms with Crippen LogP contribution in [-0.2, 0) is 26.1 Å². The van der Waals surface area contributed by atoms with Gasteiger partial charge in [-0.15, -0.1) is 0 Å². The van der Waals surface area contributed by atoms with Crippen LogP contribution in [0.4, 0.5) is 0 Å². The fourth-order valence-electron chi connectivity index (χ4n) is 4.65. The van der Waals surface area contributed by atoms with Crippen molar-refractivity contribution in [3.05, 3.63) is 99.7 Å². The van der Waals surface area contributed by atoms with Crippen molar-refractivity contribution >= 4 is 28.4 Å². The van der Waals surface area contributed by atoms with E-state index < -0.39 is 6.10 Å². The molecule has 0 aliphatic rings. The molecule has 38 heavy (non-hydrogen) atoms. The zero-order valence-electron chi connectivity index (χ0n) is 21.6. The third kappa shape index (κ3) is 6.55. The van der Waals surface area contributed by atoms with Gasteiger partial charge in [0.2, 0.25) is 0 Å². The average Bonchev–Trinajstić information content (AvgIpc) is 3.29. The van der Waals surface area contributed by atoms with Gasteiger partial charge in [-0.1, -0.05) is 35.9 Å². The molecule has 0 saturated heterocycles. The summed E-state index contributed by atoms with van der Waals surface area (Å²) in [6.45, 7) is 5.23. The molecule has 0 bridgehead atoms. The van der Waals surface area contributed by atoms with E-state index >= 15 is 0 Å². The number of halogens is 1. The van der Waals surface area contributed by atoms with Gasteiger partial charge in [-0.3, -0.25) is 4.79 Å². The number of phenols is 1. The highest BCUT2D eigenvalue weighted by atomic mass is 35.5. The van der Waals surface area contributed by atoms with Gasteiger partial charge < -0.3 is 30.5 Å². The van der Waals surface area contributed by atoms with E-state index in [-0.39, 0.29) is 24.3 Å². The molecule has 1 aromatic heterocycles. The Kier molecular flexibility index (Phi) is 9.07. The van der Waals surface area contributed by atoms with Crippen LogP contribution in [0.25, 0.3) is 10.9 Å². The summed E-state index contributed by atoms with van der Waals surface area (Å²) in [4.78, 5) is 13.0. The SMILES string of the molecule is CCn1c(C(=O)NCc2ccc(Cl)cc2)cc2cc(CC(C)NC[C@H](O)c3ccc(O)c(CO)c3)ccc21. The molecular weight excluding hydrogens is 502 g/mol. The first kappa shape index (κ1) is 27.7. The second-order valence-corrected chi connectivity index (χ2v) is 9.99. The highest BCUT2D eigenvalue weighted by Gasteiger charge is 2.16. The molecule has 4 aromatic rings. The van der Waals surface area contributed by atoms with E-state index in [1.807, 2.05) is 41.8 Å². The van der Waals surface area contributed by atoms with E-state index in [4.69, 9.17) is 11.6 Å². The molecule has 2 atom stereocenters. The summed E-state index contributed by atoms with van der Waals surface area (Å²) in [6, 6.07) is 20.4. The second-order valence-electron chi connectivity index (χ2n) is 9.55. The Morgan fingerprint density at radius 2 is 1.76 bits per heavy atom. The van der Waals surface area contributed by atoms with Gasteiger partial charge in [0.1, 0.15) is 11.4 Å². The molecule has 0 spiro atoms. The fraction of sp³-hybridized carbons (Fsp3) is 0.300. The number of carbonyl (C=O) groups is 1. The summed E-state index contributed by atoms with van der Waals surface area (Å²) < 4.78 is 2.02. The number of aromatic nitrogens is 1. The van der Waals surface area contributed by atoms with Crippen molar-refractivity contribution in [3.8, 4) is 5.75 Å². The minimum atomic E-state index is -0.765. The summed E-state index contributed by atoms with van der Waals surface area (Å²) in [6.07, 6.45) is -0.0198. The van der Waals surface area contributed by atoms with Crippen molar-refractivity contribution in [2.24, 2.45) is 0 Å². The molecule has 0 aliphatic carbocycles. The van der Waals surface area contributed by atoms with Crippen molar-refractivity contribution in [1.29, 1.82) is 0 Å². The van der Waals surface area contributed by atoms with Gasteiger partial charge in [0.15, 0.2) is 0 Å². The van der Waals surface area contributed by atoms with Crippen LogP contribution in [-0.4, -0.2) is 38.4 Å². The van der Waals surface area contributed by atoms with Crippen molar-refractivity contribution in [2.75, 3.05) is 6.54 Å². The number of fused-ring (bicyclic) bond motifs is 1. The van der Waals surface area contributed by atoms with E-state index in [1.54, 1.807) is 12.1 Å². The van der Waals surface area contributed by atoms with Crippen LogP contribution in [0, 0.1) is 0 Å². The van der Waals surface area contributed by atoms with Crippen LogP contribution in [0.15, 0.2) is 66.7 Å². The smallest absolute Gasteiger partial charge is 0.268 e. The minimum absolute atomic E-state index is 0.0132. The summed E-state index contributed by atoms with van der Waals surface area (Å²) in [5.41, 5.74) is 4.77. The van der Waals surface area contributed by atoms with Gasteiger partial charge in [-0.25, -0.2) is 0 Å². The molecule has 0 aliphatic heterocycles. The number of carbonyl (C=O) groups excluding carboxylic acids is 1. The molecule has 3 aromatic carbocycles. The number of aromatic hydroxyl groups is 1. The Balaban J connectivity index is 1.39. The molecule has 8 heteroatoms. The third-order valence-corrected chi connectivity index (χ3v) is 6.99.